The van der Waals surface area contributed by atoms with Crippen molar-refractivity contribution in [2.75, 3.05) is 25.1 Å². The molecule has 0 saturated carbocycles. The lowest BCUT2D eigenvalue weighted by atomic mass is 10.0. The standard InChI is InChI=1S/C22H36N8O5S/c1-36-10-8-15(19(24)33)29-20(34)16(3-2-9-27-22(25)26)30-21(35)17(28-18(32)12-23)11-13-4-6-14(31)7-5-13/h4-7,15-17,31H,2-3,8-12,23H2,1H3,(H2,24,33)(H,28,32)(H,29,34)(H,30,35)(H4,25,26,27)/t15-,16+,17+/m1/s1. The third-order valence-corrected chi connectivity index (χ3v) is 5.75. The molecule has 0 bridgehead atoms. The van der Waals surface area contributed by atoms with Crippen LogP contribution in [0.25, 0.3) is 0 Å². The number of hydrogen-bond acceptors (Lipinski definition) is 8. The van der Waals surface area contributed by atoms with Crippen LogP contribution in [0.1, 0.15) is 24.8 Å². The molecule has 200 valence electrons. The SMILES string of the molecule is CSCC[C@@H](NC(=O)[C@H](CCCNC(=N)N)NC(=O)[C@H](Cc1ccc(O)cc1)NC(=O)CN)C(N)=O. The predicted octanol–water partition coefficient (Wildman–Crippen LogP) is -2.15. The van der Waals surface area contributed by atoms with Gasteiger partial charge in [0, 0.05) is 13.0 Å². The van der Waals surface area contributed by atoms with Crippen molar-refractivity contribution < 1.29 is 24.3 Å². The lowest BCUT2D eigenvalue weighted by Gasteiger charge is -2.25. The summed E-state index contributed by atoms with van der Waals surface area (Å²) >= 11 is 1.49. The van der Waals surface area contributed by atoms with E-state index in [1.807, 2.05) is 6.26 Å². The number of rotatable bonds is 16. The smallest absolute Gasteiger partial charge is 0.243 e. The molecule has 36 heavy (non-hydrogen) atoms. The van der Waals surface area contributed by atoms with E-state index in [9.17, 15) is 24.3 Å². The van der Waals surface area contributed by atoms with E-state index in [-0.39, 0.29) is 37.6 Å². The van der Waals surface area contributed by atoms with Gasteiger partial charge in [0.1, 0.15) is 23.9 Å². The van der Waals surface area contributed by atoms with Gasteiger partial charge in [0.2, 0.25) is 23.6 Å². The number of benzene rings is 1. The van der Waals surface area contributed by atoms with Crippen LogP contribution in [0.5, 0.6) is 5.75 Å². The summed E-state index contributed by atoms with van der Waals surface area (Å²) in [4.78, 5) is 49.9. The van der Waals surface area contributed by atoms with Gasteiger partial charge in [-0.3, -0.25) is 24.6 Å². The maximum absolute atomic E-state index is 13.2. The van der Waals surface area contributed by atoms with Crippen LogP contribution in [-0.2, 0) is 25.6 Å². The van der Waals surface area contributed by atoms with Crippen LogP contribution in [0.4, 0.5) is 0 Å². The second kappa shape index (κ2) is 16.2. The van der Waals surface area contributed by atoms with E-state index < -0.39 is 41.8 Å². The zero-order chi connectivity index (χ0) is 27.1. The summed E-state index contributed by atoms with van der Waals surface area (Å²) < 4.78 is 0. The molecule has 0 aromatic heterocycles. The fourth-order valence-electron chi connectivity index (χ4n) is 3.19. The Balaban J connectivity index is 3.04. The number of primary amides is 1. The summed E-state index contributed by atoms with van der Waals surface area (Å²) in [6.45, 7) is -0.0583. The zero-order valence-electron chi connectivity index (χ0n) is 20.2. The number of amides is 4. The van der Waals surface area contributed by atoms with Gasteiger partial charge in [-0.15, -0.1) is 0 Å². The van der Waals surface area contributed by atoms with Crippen LogP contribution < -0.4 is 38.5 Å². The molecule has 0 fully saturated rings. The molecule has 0 aliphatic heterocycles. The molecule has 0 heterocycles. The average molecular weight is 525 g/mol. The predicted molar refractivity (Wildman–Crippen MR) is 138 cm³/mol. The summed E-state index contributed by atoms with van der Waals surface area (Å²) in [5.41, 5.74) is 16.7. The largest absolute Gasteiger partial charge is 0.508 e. The number of nitrogens with two attached hydrogens (primary N) is 3. The second-order valence-electron chi connectivity index (χ2n) is 7.98. The minimum atomic E-state index is -1.06. The van der Waals surface area contributed by atoms with E-state index in [0.29, 0.717) is 24.2 Å². The molecule has 3 atom stereocenters. The molecule has 0 saturated heterocycles. The van der Waals surface area contributed by atoms with Gasteiger partial charge in [-0.2, -0.15) is 11.8 Å². The molecule has 1 aromatic carbocycles. The highest BCUT2D eigenvalue weighted by atomic mass is 32.2. The molecule has 0 spiro atoms. The Kier molecular flexibility index (Phi) is 13.7. The van der Waals surface area contributed by atoms with Crippen molar-refractivity contribution in [3.8, 4) is 5.75 Å². The minimum absolute atomic E-state index is 0.0483. The third-order valence-electron chi connectivity index (χ3n) is 5.10. The molecule has 4 amide bonds. The Morgan fingerprint density at radius 3 is 2.14 bits per heavy atom. The Morgan fingerprint density at radius 2 is 1.58 bits per heavy atom. The van der Waals surface area contributed by atoms with Crippen molar-refractivity contribution in [3.05, 3.63) is 29.8 Å². The van der Waals surface area contributed by atoms with Gasteiger partial charge in [0.15, 0.2) is 5.96 Å². The first-order valence-corrected chi connectivity index (χ1v) is 12.7. The van der Waals surface area contributed by atoms with Gasteiger partial charge in [-0.1, -0.05) is 12.1 Å². The Hall–Kier alpha value is -3.52. The number of aromatic hydroxyl groups is 1. The number of phenols is 1. The number of guanidine groups is 1. The number of phenolic OH excluding ortho intramolecular Hbond substituents is 1. The molecule has 1 rings (SSSR count). The molecular weight excluding hydrogens is 488 g/mol. The van der Waals surface area contributed by atoms with E-state index in [1.54, 1.807) is 12.1 Å². The molecule has 13 nitrogen and oxygen atoms in total. The van der Waals surface area contributed by atoms with E-state index in [4.69, 9.17) is 22.6 Å². The topological polar surface area (TPSA) is 239 Å². The Labute approximate surface area is 214 Å². The Bertz CT molecular complexity index is 899. The van der Waals surface area contributed by atoms with Crippen molar-refractivity contribution in [1.29, 1.82) is 5.41 Å². The molecule has 0 unspecified atom stereocenters. The van der Waals surface area contributed by atoms with Crippen LogP contribution >= 0.6 is 11.8 Å². The summed E-state index contributed by atoms with van der Waals surface area (Å²) in [6.07, 6.45) is 2.78. The second-order valence-corrected chi connectivity index (χ2v) is 8.97. The van der Waals surface area contributed by atoms with Gasteiger partial charge in [0.25, 0.3) is 0 Å². The fourth-order valence-corrected chi connectivity index (χ4v) is 3.67. The fraction of sp³-hybridized carbons (Fsp3) is 0.500. The molecule has 14 heteroatoms. The van der Waals surface area contributed by atoms with Crippen molar-refractivity contribution in [2.45, 2.75) is 43.8 Å². The van der Waals surface area contributed by atoms with Crippen LogP contribution in [0.3, 0.4) is 0 Å². The number of carbonyl (C=O) groups is 4. The van der Waals surface area contributed by atoms with Gasteiger partial charge in [0.05, 0.1) is 6.54 Å². The van der Waals surface area contributed by atoms with Crippen LogP contribution in [-0.4, -0.2) is 77.9 Å². The maximum Gasteiger partial charge on any atom is 0.243 e. The highest BCUT2D eigenvalue weighted by Crippen LogP contribution is 2.12. The van der Waals surface area contributed by atoms with Gasteiger partial charge in [-0.05, 0) is 49.0 Å². The summed E-state index contributed by atoms with van der Waals surface area (Å²) in [5.74, 6) is -2.09. The minimum Gasteiger partial charge on any atom is -0.508 e. The lowest BCUT2D eigenvalue weighted by Crippen LogP contribution is -2.57. The number of hydrogen-bond donors (Lipinski definition) is 9. The zero-order valence-corrected chi connectivity index (χ0v) is 21.0. The molecule has 0 radical (unpaired) electrons. The van der Waals surface area contributed by atoms with E-state index in [2.05, 4.69) is 21.3 Å². The van der Waals surface area contributed by atoms with E-state index in [1.165, 1.54) is 23.9 Å². The van der Waals surface area contributed by atoms with Crippen molar-refractivity contribution in [3.63, 3.8) is 0 Å². The summed E-state index contributed by atoms with van der Waals surface area (Å²) in [7, 11) is 0. The van der Waals surface area contributed by atoms with Crippen LogP contribution in [0, 0.1) is 5.41 Å². The van der Waals surface area contributed by atoms with Crippen LogP contribution in [0.2, 0.25) is 0 Å². The highest BCUT2D eigenvalue weighted by molar-refractivity contribution is 7.98. The monoisotopic (exact) mass is 524 g/mol. The molecular formula is C22H36N8O5S. The van der Waals surface area contributed by atoms with Crippen molar-refractivity contribution in [2.24, 2.45) is 17.2 Å². The molecule has 12 N–H and O–H groups in total. The summed E-state index contributed by atoms with van der Waals surface area (Å²) in [6, 6.07) is 3.08. The van der Waals surface area contributed by atoms with Gasteiger partial charge < -0.3 is 43.6 Å². The highest BCUT2D eigenvalue weighted by Gasteiger charge is 2.29. The van der Waals surface area contributed by atoms with E-state index in [0.717, 1.165) is 0 Å². The number of carbonyl (C=O) groups excluding carboxylic acids is 4. The van der Waals surface area contributed by atoms with Gasteiger partial charge in [-0.25, -0.2) is 0 Å². The van der Waals surface area contributed by atoms with Gasteiger partial charge >= 0.3 is 0 Å². The number of thioether (sulfide) groups is 1. The first-order valence-electron chi connectivity index (χ1n) is 11.3. The first-order chi connectivity index (χ1) is 17.1. The first kappa shape index (κ1) is 30.5. The van der Waals surface area contributed by atoms with Crippen molar-refractivity contribution >= 4 is 41.4 Å². The van der Waals surface area contributed by atoms with Crippen LogP contribution in [0.15, 0.2) is 24.3 Å². The lowest BCUT2D eigenvalue weighted by molar-refractivity contribution is -0.133. The molecule has 1 aromatic rings. The molecule has 0 aliphatic rings. The quantitative estimate of drug-likeness (QED) is 0.0649. The third kappa shape index (κ3) is 11.8. The Morgan fingerprint density at radius 1 is 0.972 bits per heavy atom. The maximum atomic E-state index is 13.2. The number of nitrogens with one attached hydrogen (secondary N) is 5. The van der Waals surface area contributed by atoms with E-state index >= 15 is 0 Å². The molecule has 0 aliphatic carbocycles. The summed E-state index contributed by atoms with van der Waals surface area (Å²) in [5, 5.41) is 27.1. The van der Waals surface area contributed by atoms with Crippen molar-refractivity contribution in [1.82, 2.24) is 21.3 Å². The average Bonchev–Trinajstić information content (AvgIpc) is 2.83. The normalized spacial score (nSPS) is 13.1.